The zero-order chi connectivity index (χ0) is 15.0. The van der Waals surface area contributed by atoms with Gasteiger partial charge in [0.2, 0.25) is 5.82 Å². The predicted molar refractivity (Wildman–Crippen MR) is 80.5 cm³/mol. The maximum absolute atomic E-state index is 12.1. The summed E-state index contributed by atoms with van der Waals surface area (Å²) in [6.07, 6.45) is 0. The van der Waals surface area contributed by atoms with E-state index >= 15 is 0 Å². The van der Waals surface area contributed by atoms with Gasteiger partial charge in [0.25, 0.3) is 11.7 Å². The van der Waals surface area contributed by atoms with Crippen LogP contribution in [0.5, 0.6) is 0 Å². The van der Waals surface area contributed by atoms with Crippen LogP contribution < -0.4 is 5.32 Å². The molecule has 7 heteroatoms. The number of nitrogens with one attached hydrogen (secondary N) is 1. The van der Waals surface area contributed by atoms with Gasteiger partial charge in [-0.15, -0.1) is 16.4 Å². The molecule has 0 atom stereocenters. The van der Waals surface area contributed by atoms with Crippen LogP contribution in [0.15, 0.2) is 17.5 Å². The molecule has 0 radical (unpaired) electrons. The number of nitrogens with zero attached hydrogens (tertiary/aromatic N) is 4. The third-order valence-electron chi connectivity index (χ3n) is 3.20. The minimum absolute atomic E-state index is 0.144. The Bertz CT molecular complexity index is 820. The molecule has 0 fully saturated rings. The molecule has 6 nitrogen and oxygen atoms in total. The second-order valence-electron chi connectivity index (χ2n) is 4.90. The van der Waals surface area contributed by atoms with Crippen molar-refractivity contribution < 1.29 is 4.79 Å². The van der Waals surface area contributed by atoms with Gasteiger partial charge in [-0.25, -0.2) is 9.50 Å². The number of fused-ring (bicyclic) bond motifs is 1. The Morgan fingerprint density at radius 3 is 2.86 bits per heavy atom. The summed E-state index contributed by atoms with van der Waals surface area (Å²) in [7, 11) is 0. The second-order valence-corrected chi connectivity index (χ2v) is 5.90. The Kier molecular flexibility index (Phi) is 3.42. The molecule has 0 saturated heterocycles. The number of carbonyl (C=O) groups is 1. The van der Waals surface area contributed by atoms with Crippen LogP contribution in [0.1, 0.15) is 32.4 Å². The number of amides is 1. The molecule has 0 aliphatic carbocycles. The molecule has 1 N–H and O–H groups in total. The summed E-state index contributed by atoms with van der Waals surface area (Å²) >= 11 is 1.62. The highest BCUT2D eigenvalue weighted by Crippen LogP contribution is 2.15. The molecule has 0 bridgehead atoms. The third-order valence-corrected chi connectivity index (χ3v) is 4.22. The lowest BCUT2D eigenvalue weighted by Crippen LogP contribution is -2.24. The Balaban J connectivity index is 1.82. The fraction of sp³-hybridized carbons (Fsp3) is 0.286. The molecule has 3 heterocycles. The van der Waals surface area contributed by atoms with E-state index in [-0.39, 0.29) is 11.7 Å². The van der Waals surface area contributed by atoms with Gasteiger partial charge in [-0.05, 0) is 43.8 Å². The normalized spacial score (nSPS) is 11.0. The summed E-state index contributed by atoms with van der Waals surface area (Å²) in [4.78, 5) is 21.7. The van der Waals surface area contributed by atoms with Crippen molar-refractivity contribution in [1.82, 2.24) is 24.9 Å². The maximum Gasteiger partial charge on any atom is 0.291 e. The van der Waals surface area contributed by atoms with Crippen molar-refractivity contribution in [2.45, 2.75) is 27.3 Å². The summed E-state index contributed by atoms with van der Waals surface area (Å²) in [6, 6.07) is 3.93. The molecule has 0 spiro atoms. The molecule has 3 aromatic rings. The Morgan fingerprint density at radius 1 is 1.33 bits per heavy atom. The van der Waals surface area contributed by atoms with Crippen LogP contribution in [0, 0.1) is 20.8 Å². The quantitative estimate of drug-likeness (QED) is 0.803. The average Bonchev–Trinajstić information content (AvgIpc) is 3.02. The van der Waals surface area contributed by atoms with Gasteiger partial charge < -0.3 is 5.32 Å². The van der Waals surface area contributed by atoms with Crippen molar-refractivity contribution in [2.75, 3.05) is 0 Å². The fourth-order valence-corrected chi connectivity index (χ4v) is 2.93. The summed E-state index contributed by atoms with van der Waals surface area (Å²) in [5.74, 6) is 0.306. The first-order valence-electron chi connectivity index (χ1n) is 6.57. The molecule has 0 aliphatic rings. The van der Waals surface area contributed by atoms with Crippen molar-refractivity contribution in [3.8, 4) is 0 Å². The second kappa shape index (κ2) is 5.25. The van der Waals surface area contributed by atoms with Gasteiger partial charge in [-0.3, -0.25) is 4.79 Å². The fourth-order valence-electron chi connectivity index (χ4n) is 2.09. The Morgan fingerprint density at radius 2 is 2.14 bits per heavy atom. The van der Waals surface area contributed by atoms with Gasteiger partial charge in [0.1, 0.15) is 0 Å². The molecule has 3 aromatic heterocycles. The summed E-state index contributed by atoms with van der Waals surface area (Å²) in [5, 5.41) is 9.06. The van der Waals surface area contributed by atoms with E-state index in [1.165, 1.54) is 5.56 Å². The lowest BCUT2D eigenvalue weighted by molar-refractivity contribution is 0.0941. The van der Waals surface area contributed by atoms with E-state index in [0.29, 0.717) is 12.3 Å². The number of hydrogen-bond donors (Lipinski definition) is 1. The van der Waals surface area contributed by atoms with Gasteiger partial charge in [0, 0.05) is 16.3 Å². The third kappa shape index (κ3) is 2.64. The highest BCUT2D eigenvalue weighted by atomic mass is 32.1. The van der Waals surface area contributed by atoms with E-state index in [1.54, 1.807) is 15.9 Å². The number of aromatic nitrogens is 4. The Labute approximate surface area is 125 Å². The van der Waals surface area contributed by atoms with Crippen LogP contribution in [-0.4, -0.2) is 25.5 Å². The van der Waals surface area contributed by atoms with Gasteiger partial charge in [-0.2, -0.15) is 4.98 Å². The molecule has 1 amide bonds. The predicted octanol–water partition coefficient (Wildman–Crippen LogP) is 2.04. The van der Waals surface area contributed by atoms with Crippen LogP contribution in [0.2, 0.25) is 0 Å². The van der Waals surface area contributed by atoms with Crippen LogP contribution in [0.25, 0.3) is 5.78 Å². The van der Waals surface area contributed by atoms with E-state index in [4.69, 9.17) is 0 Å². The van der Waals surface area contributed by atoms with Gasteiger partial charge in [0.05, 0.1) is 6.54 Å². The zero-order valence-corrected chi connectivity index (χ0v) is 12.9. The van der Waals surface area contributed by atoms with Gasteiger partial charge in [0.15, 0.2) is 0 Å². The molecule has 108 valence electrons. The number of carbonyl (C=O) groups excluding carboxylic acids is 1. The van der Waals surface area contributed by atoms with E-state index in [1.807, 2.05) is 38.3 Å². The number of rotatable bonds is 3. The smallest absolute Gasteiger partial charge is 0.291 e. The van der Waals surface area contributed by atoms with Crippen molar-refractivity contribution in [2.24, 2.45) is 0 Å². The van der Waals surface area contributed by atoms with Crippen molar-refractivity contribution in [3.63, 3.8) is 0 Å². The molecule has 0 aromatic carbocycles. The van der Waals surface area contributed by atoms with Crippen LogP contribution in [-0.2, 0) is 6.54 Å². The van der Waals surface area contributed by atoms with Crippen molar-refractivity contribution >= 4 is 23.0 Å². The van der Waals surface area contributed by atoms with E-state index < -0.39 is 0 Å². The first kappa shape index (κ1) is 13.7. The summed E-state index contributed by atoms with van der Waals surface area (Å²) < 4.78 is 1.58. The number of aryl methyl sites for hydroxylation is 3. The van der Waals surface area contributed by atoms with E-state index in [9.17, 15) is 4.79 Å². The molecule has 0 unspecified atom stereocenters. The lowest BCUT2D eigenvalue weighted by Gasteiger charge is -2.01. The van der Waals surface area contributed by atoms with Crippen molar-refractivity contribution in [1.29, 1.82) is 0 Å². The molecule has 0 saturated carbocycles. The minimum atomic E-state index is -0.287. The highest BCUT2D eigenvalue weighted by molar-refractivity contribution is 7.10. The standard InChI is InChI=1S/C14H15N5OS/c1-8-4-5-21-11(8)7-15-13(20)12-17-14-16-9(2)6-10(3)19(14)18-12/h4-6H,7H2,1-3H3,(H,15,20). The average molecular weight is 301 g/mol. The summed E-state index contributed by atoms with van der Waals surface area (Å²) in [5.41, 5.74) is 2.93. The first-order valence-corrected chi connectivity index (χ1v) is 7.45. The molecular formula is C14H15N5OS. The topological polar surface area (TPSA) is 72.2 Å². The number of thiophene rings is 1. The SMILES string of the molecule is Cc1cc(C)n2nc(C(=O)NCc3sccc3C)nc2n1. The maximum atomic E-state index is 12.1. The van der Waals surface area contributed by atoms with Crippen molar-refractivity contribution in [3.05, 3.63) is 45.2 Å². The van der Waals surface area contributed by atoms with E-state index in [2.05, 4.69) is 20.4 Å². The summed E-state index contributed by atoms with van der Waals surface area (Å²) in [6.45, 7) is 6.31. The largest absolute Gasteiger partial charge is 0.344 e. The van der Waals surface area contributed by atoms with Crippen LogP contribution in [0.4, 0.5) is 0 Å². The van der Waals surface area contributed by atoms with Crippen LogP contribution in [0.3, 0.4) is 0 Å². The molecule has 21 heavy (non-hydrogen) atoms. The monoisotopic (exact) mass is 301 g/mol. The minimum Gasteiger partial charge on any atom is -0.344 e. The van der Waals surface area contributed by atoms with Gasteiger partial charge >= 0.3 is 0 Å². The molecule has 0 aliphatic heterocycles. The van der Waals surface area contributed by atoms with Crippen LogP contribution >= 0.6 is 11.3 Å². The number of hydrogen-bond acceptors (Lipinski definition) is 5. The lowest BCUT2D eigenvalue weighted by atomic mass is 10.3. The molecule has 3 rings (SSSR count). The Hall–Kier alpha value is -2.28. The highest BCUT2D eigenvalue weighted by Gasteiger charge is 2.15. The molecular weight excluding hydrogens is 286 g/mol. The first-order chi connectivity index (χ1) is 10.0. The zero-order valence-electron chi connectivity index (χ0n) is 12.0. The van der Waals surface area contributed by atoms with Gasteiger partial charge in [-0.1, -0.05) is 0 Å². The van der Waals surface area contributed by atoms with E-state index in [0.717, 1.165) is 16.3 Å².